The minimum Gasteiger partial charge on any atom is -0.497 e. The van der Waals surface area contributed by atoms with E-state index in [-0.39, 0.29) is 0 Å². The van der Waals surface area contributed by atoms with Crippen molar-refractivity contribution < 1.29 is 14.8 Å². The van der Waals surface area contributed by atoms with Crippen LogP contribution in [-0.2, 0) is 5.75 Å². The Labute approximate surface area is 114 Å². The molecule has 0 aliphatic carbocycles. The lowest BCUT2D eigenvalue weighted by molar-refractivity contribution is 0.403. The van der Waals surface area contributed by atoms with Crippen LogP contribution in [0.25, 0.3) is 0 Å². The summed E-state index contributed by atoms with van der Waals surface area (Å²) in [5.74, 6) is 2.01. The van der Waals surface area contributed by atoms with Crippen LogP contribution >= 0.6 is 11.8 Å². The van der Waals surface area contributed by atoms with Crippen LogP contribution in [0.5, 0.6) is 5.75 Å². The maximum atomic E-state index is 9.29. The van der Waals surface area contributed by atoms with Gasteiger partial charge in [0.2, 0.25) is 0 Å². The van der Waals surface area contributed by atoms with Crippen molar-refractivity contribution in [1.82, 2.24) is 0 Å². The molecule has 0 amide bonds. The lowest BCUT2D eigenvalue weighted by Crippen LogP contribution is -2.31. The Kier molecular flexibility index (Phi) is 6.05. The van der Waals surface area contributed by atoms with E-state index in [1.807, 2.05) is 17.8 Å². The summed E-state index contributed by atoms with van der Waals surface area (Å²) in [6.45, 7) is 6.61. The van der Waals surface area contributed by atoms with E-state index >= 15 is 0 Å². The zero-order valence-corrected chi connectivity index (χ0v) is 12.2. The maximum absolute atomic E-state index is 9.29. The van der Waals surface area contributed by atoms with Gasteiger partial charge in [0.15, 0.2) is 0 Å². The summed E-state index contributed by atoms with van der Waals surface area (Å²) in [6, 6.07) is 5.54. The Balaban J connectivity index is 2.76. The smallest absolute Gasteiger partial charge is 0.492 e. The van der Waals surface area contributed by atoms with Crippen molar-refractivity contribution in [2.75, 3.05) is 7.11 Å². The molecule has 0 aromatic heterocycles. The molecule has 0 radical (unpaired) electrons. The molecule has 0 spiro atoms. The van der Waals surface area contributed by atoms with E-state index in [2.05, 4.69) is 20.8 Å². The van der Waals surface area contributed by atoms with Crippen LogP contribution in [0.2, 0.25) is 0 Å². The van der Waals surface area contributed by atoms with Crippen LogP contribution in [0.4, 0.5) is 0 Å². The molecule has 0 aliphatic rings. The quantitative estimate of drug-likeness (QED) is 0.770. The van der Waals surface area contributed by atoms with Crippen molar-refractivity contribution in [2.24, 2.45) is 5.92 Å². The Hall–Kier alpha value is -0.645. The van der Waals surface area contributed by atoms with Gasteiger partial charge in [0.25, 0.3) is 0 Å². The third kappa shape index (κ3) is 4.23. The number of methoxy groups -OCH3 is 1. The van der Waals surface area contributed by atoms with Gasteiger partial charge < -0.3 is 14.8 Å². The van der Waals surface area contributed by atoms with E-state index in [0.717, 1.165) is 11.3 Å². The second kappa shape index (κ2) is 7.07. The first-order valence-electron chi connectivity index (χ1n) is 6.10. The summed E-state index contributed by atoms with van der Waals surface area (Å²) in [5.41, 5.74) is 1.50. The first-order valence-corrected chi connectivity index (χ1v) is 7.15. The molecule has 1 atom stereocenters. The first-order chi connectivity index (χ1) is 8.45. The molecule has 100 valence electrons. The monoisotopic (exact) mass is 268 g/mol. The van der Waals surface area contributed by atoms with Crippen molar-refractivity contribution in [1.29, 1.82) is 0 Å². The van der Waals surface area contributed by atoms with Gasteiger partial charge in [0.05, 0.1) is 7.11 Å². The van der Waals surface area contributed by atoms with Crippen molar-refractivity contribution in [2.45, 2.75) is 31.8 Å². The zero-order valence-electron chi connectivity index (χ0n) is 11.4. The molecule has 18 heavy (non-hydrogen) atoms. The molecular weight excluding hydrogens is 247 g/mol. The van der Waals surface area contributed by atoms with Gasteiger partial charge in [-0.2, -0.15) is 11.8 Å². The van der Waals surface area contributed by atoms with Crippen molar-refractivity contribution in [3.63, 3.8) is 0 Å². The average molecular weight is 268 g/mol. The van der Waals surface area contributed by atoms with Crippen molar-refractivity contribution >= 4 is 24.3 Å². The average Bonchev–Trinajstić information content (AvgIpc) is 2.35. The number of benzene rings is 1. The Bertz CT molecular complexity index is 382. The van der Waals surface area contributed by atoms with E-state index in [1.165, 1.54) is 7.11 Å². The molecule has 1 aromatic carbocycles. The highest BCUT2D eigenvalue weighted by Gasteiger charge is 2.17. The van der Waals surface area contributed by atoms with E-state index in [9.17, 15) is 10.0 Å². The summed E-state index contributed by atoms with van der Waals surface area (Å²) in [5, 5.41) is 19.2. The fourth-order valence-corrected chi connectivity index (χ4v) is 2.52. The molecule has 1 unspecified atom stereocenters. The van der Waals surface area contributed by atoms with Gasteiger partial charge in [-0.05, 0) is 17.5 Å². The normalized spacial score (nSPS) is 12.6. The van der Waals surface area contributed by atoms with E-state index < -0.39 is 7.12 Å². The lowest BCUT2D eigenvalue weighted by atomic mass is 9.79. The molecule has 0 heterocycles. The Morgan fingerprint density at radius 2 is 1.94 bits per heavy atom. The summed E-state index contributed by atoms with van der Waals surface area (Å²) in [7, 11) is 0.0312. The number of rotatable bonds is 6. The third-order valence-electron chi connectivity index (χ3n) is 3.02. The van der Waals surface area contributed by atoms with Crippen LogP contribution in [0.1, 0.15) is 26.3 Å². The topological polar surface area (TPSA) is 49.7 Å². The van der Waals surface area contributed by atoms with Crippen LogP contribution in [0, 0.1) is 5.92 Å². The summed E-state index contributed by atoms with van der Waals surface area (Å²) < 4.78 is 5.10. The standard InChI is InChI=1S/C13H21BO3S/c1-9(2)10(3)18-8-11-5-6-13(17-4)12(7-11)14(15)16/h5-7,9-10,15-16H,8H2,1-4H3. The molecule has 0 bridgehead atoms. The summed E-state index contributed by atoms with van der Waals surface area (Å²) in [4.78, 5) is 0. The summed E-state index contributed by atoms with van der Waals surface area (Å²) >= 11 is 1.87. The van der Waals surface area contributed by atoms with E-state index in [1.54, 1.807) is 12.1 Å². The predicted octanol–water partition coefficient (Wildman–Crippen LogP) is 1.65. The molecule has 5 heteroatoms. The number of hydrogen-bond donors (Lipinski definition) is 2. The molecule has 0 fully saturated rings. The fourth-order valence-electron chi connectivity index (χ4n) is 1.50. The molecule has 0 saturated heterocycles. The van der Waals surface area contributed by atoms with Gasteiger partial charge in [0, 0.05) is 16.5 Å². The van der Waals surface area contributed by atoms with Gasteiger partial charge >= 0.3 is 7.12 Å². The van der Waals surface area contributed by atoms with Gasteiger partial charge in [-0.3, -0.25) is 0 Å². The zero-order chi connectivity index (χ0) is 13.7. The highest BCUT2D eigenvalue weighted by atomic mass is 32.2. The van der Waals surface area contributed by atoms with Gasteiger partial charge in [-0.1, -0.05) is 32.9 Å². The number of hydrogen-bond acceptors (Lipinski definition) is 4. The maximum Gasteiger partial charge on any atom is 0.492 e. The van der Waals surface area contributed by atoms with Crippen molar-refractivity contribution in [3.8, 4) is 5.75 Å². The molecule has 0 saturated carbocycles. The minimum absolute atomic E-state index is 0.424. The van der Waals surface area contributed by atoms with Gasteiger partial charge in [-0.15, -0.1) is 0 Å². The molecular formula is C13H21BO3S. The van der Waals surface area contributed by atoms with Crippen LogP contribution < -0.4 is 10.2 Å². The van der Waals surface area contributed by atoms with E-state index in [0.29, 0.717) is 22.4 Å². The Morgan fingerprint density at radius 3 is 2.44 bits per heavy atom. The lowest BCUT2D eigenvalue weighted by Gasteiger charge is -2.15. The second-order valence-electron chi connectivity index (χ2n) is 4.71. The third-order valence-corrected chi connectivity index (χ3v) is 4.59. The van der Waals surface area contributed by atoms with Crippen molar-refractivity contribution in [3.05, 3.63) is 23.8 Å². The highest BCUT2D eigenvalue weighted by Crippen LogP contribution is 2.23. The summed E-state index contributed by atoms with van der Waals surface area (Å²) in [6.07, 6.45) is 0. The largest absolute Gasteiger partial charge is 0.497 e. The SMILES string of the molecule is COc1ccc(CSC(C)C(C)C)cc1B(O)O. The predicted molar refractivity (Wildman–Crippen MR) is 78.4 cm³/mol. The van der Waals surface area contributed by atoms with Crippen LogP contribution in [0.15, 0.2) is 18.2 Å². The van der Waals surface area contributed by atoms with Crippen LogP contribution in [-0.4, -0.2) is 29.5 Å². The second-order valence-corrected chi connectivity index (χ2v) is 6.08. The molecule has 3 nitrogen and oxygen atoms in total. The molecule has 1 aromatic rings. The minimum atomic E-state index is -1.49. The fraction of sp³-hybridized carbons (Fsp3) is 0.538. The van der Waals surface area contributed by atoms with Crippen LogP contribution in [0.3, 0.4) is 0 Å². The first kappa shape index (κ1) is 15.4. The Morgan fingerprint density at radius 1 is 1.28 bits per heavy atom. The highest BCUT2D eigenvalue weighted by molar-refractivity contribution is 7.99. The molecule has 0 aliphatic heterocycles. The van der Waals surface area contributed by atoms with Gasteiger partial charge in [0.1, 0.15) is 5.75 Å². The van der Waals surface area contributed by atoms with Gasteiger partial charge in [-0.25, -0.2) is 0 Å². The number of ether oxygens (including phenoxy) is 1. The number of thioether (sulfide) groups is 1. The molecule has 2 N–H and O–H groups in total. The molecule has 1 rings (SSSR count). The van der Waals surface area contributed by atoms with E-state index in [4.69, 9.17) is 4.74 Å².